The van der Waals surface area contributed by atoms with Gasteiger partial charge in [-0.3, -0.25) is 0 Å². The van der Waals surface area contributed by atoms with Crippen molar-refractivity contribution in [1.82, 2.24) is 5.32 Å². The largest absolute Gasteiger partial charge is 0.492 e. The van der Waals surface area contributed by atoms with Crippen molar-refractivity contribution in [2.75, 3.05) is 13.2 Å². The van der Waals surface area contributed by atoms with Gasteiger partial charge in [0.05, 0.1) is 11.4 Å². The van der Waals surface area contributed by atoms with Crippen molar-refractivity contribution in [3.8, 4) is 17.6 Å². The zero-order valence-corrected chi connectivity index (χ0v) is 11.4. The highest BCUT2D eigenvalue weighted by atomic mass is 32.1. The molecule has 2 rings (SSSR count). The lowest BCUT2D eigenvalue weighted by Gasteiger charge is -2.06. The third kappa shape index (κ3) is 4.67. The fraction of sp³-hybridized carbons (Fsp3) is 0.133. The number of hydrogen-bond donors (Lipinski definition) is 2. The summed E-state index contributed by atoms with van der Waals surface area (Å²) in [4.78, 5) is 11.3. The fourth-order valence-electron chi connectivity index (χ4n) is 1.47. The Kier molecular flexibility index (Phi) is 5.04. The molecule has 0 aliphatic rings. The second kappa shape index (κ2) is 7.22. The number of ether oxygens (including phenoxy) is 1. The summed E-state index contributed by atoms with van der Waals surface area (Å²) in [5.41, 5.74) is 0.863. The highest BCUT2D eigenvalue weighted by Gasteiger charge is 1.97. The van der Waals surface area contributed by atoms with Gasteiger partial charge in [0.1, 0.15) is 12.4 Å². The third-order valence-corrected chi connectivity index (χ3v) is 3.12. The first-order valence-electron chi connectivity index (χ1n) is 5.99. The Morgan fingerprint density at radius 3 is 2.95 bits per heavy atom. The average Bonchev–Trinajstić information content (AvgIpc) is 2.95. The van der Waals surface area contributed by atoms with Crippen LogP contribution >= 0.6 is 11.3 Å². The van der Waals surface area contributed by atoms with Crippen molar-refractivity contribution >= 4 is 17.4 Å². The van der Waals surface area contributed by atoms with Crippen LogP contribution in [-0.2, 0) is 0 Å². The van der Waals surface area contributed by atoms with Gasteiger partial charge in [-0.05, 0) is 29.6 Å². The van der Waals surface area contributed by atoms with Gasteiger partial charge in [-0.2, -0.15) is 0 Å². The van der Waals surface area contributed by atoms with Crippen LogP contribution in [0.5, 0.6) is 5.75 Å². The topological polar surface area (TPSA) is 58.6 Å². The molecule has 0 atom stereocenters. The molecule has 2 N–H and O–H groups in total. The molecule has 4 nitrogen and oxygen atoms in total. The van der Waals surface area contributed by atoms with E-state index < -0.39 is 6.09 Å². The van der Waals surface area contributed by atoms with Crippen molar-refractivity contribution in [3.05, 3.63) is 52.2 Å². The number of carboxylic acid groups (broad SMARTS) is 1. The van der Waals surface area contributed by atoms with Gasteiger partial charge >= 0.3 is 6.09 Å². The fourth-order valence-corrected chi connectivity index (χ4v) is 2.04. The van der Waals surface area contributed by atoms with Crippen molar-refractivity contribution in [1.29, 1.82) is 0 Å². The molecule has 0 saturated heterocycles. The maximum atomic E-state index is 10.3. The van der Waals surface area contributed by atoms with Crippen LogP contribution in [0, 0.1) is 11.8 Å². The molecule has 2 aromatic rings. The lowest BCUT2D eigenvalue weighted by molar-refractivity contribution is 0.191. The monoisotopic (exact) mass is 287 g/mol. The lowest BCUT2D eigenvalue weighted by Crippen LogP contribution is -2.26. The number of thiophene rings is 1. The minimum atomic E-state index is -1.05. The molecular formula is C15H13NO3S. The number of carbonyl (C=O) groups is 1. The Labute approximate surface area is 121 Å². The van der Waals surface area contributed by atoms with Crippen LogP contribution in [0.15, 0.2) is 41.8 Å². The van der Waals surface area contributed by atoms with E-state index in [1.54, 1.807) is 11.3 Å². The van der Waals surface area contributed by atoms with Crippen molar-refractivity contribution in [3.63, 3.8) is 0 Å². The zero-order valence-electron chi connectivity index (χ0n) is 10.6. The van der Waals surface area contributed by atoms with E-state index in [0.29, 0.717) is 5.75 Å². The Morgan fingerprint density at radius 2 is 2.20 bits per heavy atom. The van der Waals surface area contributed by atoms with Crippen molar-refractivity contribution in [2.45, 2.75) is 0 Å². The highest BCUT2D eigenvalue weighted by Crippen LogP contribution is 2.13. The minimum absolute atomic E-state index is 0.250. The normalized spacial score (nSPS) is 9.40. The molecule has 0 unspecified atom stereocenters. The molecule has 0 bridgehead atoms. The summed E-state index contributed by atoms with van der Waals surface area (Å²) < 4.78 is 5.44. The number of benzene rings is 1. The van der Waals surface area contributed by atoms with E-state index in [4.69, 9.17) is 9.84 Å². The molecular weight excluding hydrogens is 274 g/mol. The lowest BCUT2D eigenvalue weighted by atomic mass is 10.2. The predicted molar refractivity (Wildman–Crippen MR) is 78.3 cm³/mol. The van der Waals surface area contributed by atoms with Crippen molar-refractivity contribution < 1.29 is 14.6 Å². The summed E-state index contributed by atoms with van der Waals surface area (Å²) in [6, 6.07) is 11.3. The van der Waals surface area contributed by atoms with Gasteiger partial charge in [0.2, 0.25) is 0 Å². The first-order valence-corrected chi connectivity index (χ1v) is 6.87. The summed E-state index contributed by atoms with van der Waals surface area (Å²) in [7, 11) is 0. The molecule has 0 radical (unpaired) electrons. The molecule has 20 heavy (non-hydrogen) atoms. The van der Waals surface area contributed by atoms with E-state index in [1.165, 1.54) is 0 Å². The molecule has 1 amide bonds. The molecule has 1 aromatic carbocycles. The van der Waals surface area contributed by atoms with Crippen LogP contribution in [0.4, 0.5) is 4.79 Å². The summed E-state index contributed by atoms with van der Waals surface area (Å²) >= 11 is 1.60. The average molecular weight is 287 g/mol. The Balaban J connectivity index is 1.92. The van der Waals surface area contributed by atoms with Crippen LogP contribution in [-0.4, -0.2) is 24.4 Å². The zero-order chi connectivity index (χ0) is 14.2. The van der Waals surface area contributed by atoms with Gasteiger partial charge in [-0.1, -0.05) is 24.0 Å². The Morgan fingerprint density at radius 1 is 1.30 bits per heavy atom. The summed E-state index contributed by atoms with van der Waals surface area (Å²) in [6.45, 7) is 0.536. The second-order valence-electron chi connectivity index (χ2n) is 3.84. The number of amides is 1. The number of nitrogens with one attached hydrogen (secondary N) is 1. The van der Waals surface area contributed by atoms with Crippen LogP contribution in [0.3, 0.4) is 0 Å². The molecule has 0 spiro atoms. The van der Waals surface area contributed by atoms with Gasteiger partial charge in [0.25, 0.3) is 0 Å². The van der Waals surface area contributed by atoms with E-state index in [0.717, 1.165) is 10.4 Å². The predicted octanol–water partition coefficient (Wildman–Crippen LogP) is 2.79. The van der Waals surface area contributed by atoms with Gasteiger partial charge in [0.15, 0.2) is 0 Å². The van der Waals surface area contributed by atoms with Crippen LogP contribution in [0.2, 0.25) is 0 Å². The van der Waals surface area contributed by atoms with E-state index in [-0.39, 0.29) is 13.2 Å². The van der Waals surface area contributed by atoms with Crippen LogP contribution in [0.1, 0.15) is 10.4 Å². The summed E-state index contributed by atoms with van der Waals surface area (Å²) in [5.74, 6) is 6.82. The van der Waals surface area contributed by atoms with Crippen LogP contribution in [0.25, 0.3) is 0 Å². The van der Waals surface area contributed by atoms with Crippen molar-refractivity contribution in [2.24, 2.45) is 0 Å². The van der Waals surface area contributed by atoms with E-state index >= 15 is 0 Å². The molecule has 0 fully saturated rings. The Hall–Kier alpha value is -2.45. The third-order valence-electron chi connectivity index (χ3n) is 2.33. The molecule has 0 aliphatic carbocycles. The number of hydrogen-bond acceptors (Lipinski definition) is 3. The van der Waals surface area contributed by atoms with Crippen LogP contribution < -0.4 is 10.1 Å². The molecule has 1 heterocycles. The molecule has 5 heteroatoms. The first kappa shape index (κ1) is 14.0. The van der Waals surface area contributed by atoms with Gasteiger partial charge in [0, 0.05) is 5.56 Å². The van der Waals surface area contributed by atoms with Gasteiger partial charge in [-0.25, -0.2) is 4.79 Å². The maximum absolute atomic E-state index is 10.3. The molecule has 102 valence electrons. The van der Waals surface area contributed by atoms with E-state index in [2.05, 4.69) is 17.2 Å². The standard InChI is InChI=1S/C15H13NO3S/c17-15(18)16-8-9-19-13-4-1-3-12(11-13)6-7-14-5-2-10-20-14/h1-5,10-11,16H,8-9H2,(H,17,18). The highest BCUT2D eigenvalue weighted by molar-refractivity contribution is 7.10. The minimum Gasteiger partial charge on any atom is -0.492 e. The first-order chi connectivity index (χ1) is 9.74. The van der Waals surface area contributed by atoms with Gasteiger partial charge < -0.3 is 15.2 Å². The molecule has 1 aromatic heterocycles. The quantitative estimate of drug-likeness (QED) is 0.671. The molecule has 0 aliphatic heterocycles. The summed E-state index contributed by atoms with van der Waals surface area (Å²) in [5, 5.41) is 12.7. The van der Waals surface area contributed by atoms with Gasteiger partial charge in [-0.15, -0.1) is 11.3 Å². The Bertz CT molecular complexity index is 626. The molecule has 0 saturated carbocycles. The number of rotatable bonds is 4. The smallest absolute Gasteiger partial charge is 0.404 e. The summed E-state index contributed by atoms with van der Waals surface area (Å²) in [6.07, 6.45) is -1.05. The maximum Gasteiger partial charge on any atom is 0.404 e. The van der Waals surface area contributed by atoms with E-state index in [1.807, 2.05) is 41.8 Å². The van der Waals surface area contributed by atoms with E-state index in [9.17, 15) is 4.79 Å². The SMILES string of the molecule is O=C(O)NCCOc1cccc(C#Cc2cccs2)c1. The second-order valence-corrected chi connectivity index (χ2v) is 4.78.